The van der Waals surface area contributed by atoms with Crippen LogP contribution in [-0.2, 0) is 11.3 Å². The Morgan fingerprint density at radius 2 is 1.95 bits per heavy atom. The summed E-state index contributed by atoms with van der Waals surface area (Å²) in [4.78, 5) is 21.3. The van der Waals surface area contributed by atoms with Gasteiger partial charge in [-0.15, -0.1) is 0 Å². The van der Waals surface area contributed by atoms with Crippen molar-refractivity contribution in [2.75, 3.05) is 12.4 Å². The fraction of sp³-hybridized carbons (Fsp3) is 0.478. The molecule has 37 heavy (non-hydrogen) atoms. The van der Waals surface area contributed by atoms with E-state index in [2.05, 4.69) is 48.8 Å². The summed E-state index contributed by atoms with van der Waals surface area (Å²) in [5.41, 5.74) is 3.10. The molecule has 0 radical (unpaired) electrons. The van der Waals surface area contributed by atoms with Crippen LogP contribution in [0.1, 0.15) is 31.5 Å². The first-order valence-electron chi connectivity index (χ1n) is 12.6. The Balaban J connectivity index is 1.41. The van der Waals surface area contributed by atoms with Crippen LogP contribution < -0.4 is 10.1 Å². The number of nitrogens with zero attached hydrogens (tertiary/aromatic N) is 5. The molecule has 0 unspecified atom stereocenters. The third kappa shape index (κ3) is 5.44. The normalized spacial score (nSPS) is 18.6. The molecule has 2 N–H and O–H groups in total. The number of hydrogen-bond donors (Lipinski definition) is 2. The summed E-state index contributed by atoms with van der Waals surface area (Å²) < 4.78 is 39.6. The molecule has 4 aromatic heterocycles. The molecular formula is C23H30B3F2N7O2. The number of fused-ring (bicyclic) bond motifs is 2. The summed E-state index contributed by atoms with van der Waals surface area (Å²) in [6, 6.07) is 2.07. The molecule has 0 saturated heterocycles. The lowest BCUT2D eigenvalue weighted by atomic mass is 9.52. The van der Waals surface area contributed by atoms with Crippen LogP contribution in [0.2, 0.25) is 0 Å². The highest BCUT2D eigenvalue weighted by atomic mass is 19.3. The molecule has 1 fully saturated rings. The second-order valence-electron chi connectivity index (χ2n) is 10.6. The summed E-state index contributed by atoms with van der Waals surface area (Å²) in [6.45, 7) is 1.26. The van der Waals surface area contributed by atoms with Crippen molar-refractivity contribution in [3.8, 4) is 17.0 Å². The van der Waals surface area contributed by atoms with E-state index < -0.39 is 13.0 Å². The van der Waals surface area contributed by atoms with E-state index in [0.29, 0.717) is 39.9 Å². The molecule has 5 rings (SSSR count). The minimum absolute atomic E-state index is 0.140. The third-order valence-electron chi connectivity index (χ3n) is 6.65. The number of rotatable bonds is 8. The highest BCUT2D eigenvalue weighted by Gasteiger charge is 2.26. The van der Waals surface area contributed by atoms with Gasteiger partial charge in [-0.2, -0.15) is 9.97 Å². The molecule has 0 bridgehead atoms. The average molecular weight is 507 g/mol. The van der Waals surface area contributed by atoms with Gasteiger partial charge < -0.3 is 24.3 Å². The third-order valence-corrected chi connectivity index (χ3v) is 6.65. The highest BCUT2D eigenvalue weighted by Crippen LogP contribution is 2.35. The van der Waals surface area contributed by atoms with E-state index in [9.17, 15) is 8.78 Å². The van der Waals surface area contributed by atoms with Crippen LogP contribution in [0.15, 0.2) is 18.5 Å². The Hall–Kier alpha value is -3.15. The number of methoxy groups -OCH3 is 1. The van der Waals surface area contributed by atoms with E-state index in [1.807, 2.05) is 12.3 Å². The van der Waals surface area contributed by atoms with E-state index in [-0.39, 0.29) is 17.4 Å². The zero-order valence-electron chi connectivity index (χ0n) is 21.8. The maximum Gasteiger partial charge on any atom is 0.256 e. The number of hydrogen-bond acceptors (Lipinski definition) is 7. The monoisotopic (exact) mass is 507 g/mol. The van der Waals surface area contributed by atoms with Gasteiger partial charge in [-0.25, -0.2) is 18.7 Å². The fourth-order valence-corrected chi connectivity index (χ4v) is 5.08. The largest absolute Gasteiger partial charge is 0.480 e. The van der Waals surface area contributed by atoms with Gasteiger partial charge in [0.05, 0.1) is 30.7 Å². The molecule has 0 atom stereocenters. The van der Waals surface area contributed by atoms with Gasteiger partial charge in [-0.3, -0.25) is 0 Å². The second-order valence-corrected chi connectivity index (χ2v) is 10.6. The first-order chi connectivity index (χ1) is 17.6. The number of halogens is 2. The fourth-order valence-electron chi connectivity index (χ4n) is 5.08. The number of pyridine rings is 1. The second kappa shape index (κ2) is 9.96. The molecule has 0 spiro atoms. The van der Waals surface area contributed by atoms with Gasteiger partial charge in [-0.1, -0.05) is 0 Å². The van der Waals surface area contributed by atoms with Crippen molar-refractivity contribution in [2.24, 2.45) is 0 Å². The van der Waals surface area contributed by atoms with E-state index >= 15 is 0 Å². The SMILES string of the molecule is BC(B)(B)O[C@H]1CC[C@@H](Nc2nc(OC)c3c(-c4cnc5nc(C)n(CC(F)F)c5c4)c[nH]c3n2)CC1. The molecule has 9 nitrogen and oxygen atoms in total. The molecular weight excluding hydrogens is 477 g/mol. The summed E-state index contributed by atoms with van der Waals surface area (Å²) in [5, 5.41) is 4.02. The standard InChI is InChI=1S/C23H30B3F2N7O2/c1-11-31-19-16(35(11)10-17(27)28)7-12(8-29-19)15-9-30-20-18(15)21(36-2)34-22(33-20)32-13-3-5-14(6-4-13)37-23(24,25)26/h7-9,13-14,17H,3-6,10,24-26H2,1-2H3,(H2,30,32,33,34)/t13-,14+. The predicted molar refractivity (Wildman–Crippen MR) is 147 cm³/mol. The van der Waals surface area contributed by atoms with Gasteiger partial charge in [0.1, 0.15) is 35.0 Å². The number of aromatic amines is 1. The van der Waals surface area contributed by atoms with Crippen LogP contribution in [0, 0.1) is 6.92 Å². The molecule has 1 aliphatic rings. The number of imidazole rings is 1. The Bertz CT molecular complexity index is 1420. The predicted octanol–water partition coefficient (Wildman–Crippen LogP) is 1.20. The Labute approximate surface area is 216 Å². The summed E-state index contributed by atoms with van der Waals surface area (Å²) in [6.07, 6.45) is 5.17. The number of nitrogens with one attached hydrogen (secondary N) is 2. The molecule has 4 aromatic rings. The van der Waals surface area contributed by atoms with Crippen LogP contribution in [0.3, 0.4) is 0 Å². The Morgan fingerprint density at radius 1 is 1.19 bits per heavy atom. The first kappa shape index (κ1) is 25.5. The number of ether oxygens (including phenoxy) is 2. The van der Waals surface area contributed by atoms with Crippen molar-refractivity contribution in [1.29, 1.82) is 0 Å². The summed E-state index contributed by atoms with van der Waals surface area (Å²) in [7, 11) is 7.83. The van der Waals surface area contributed by atoms with Crippen LogP contribution in [0.25, 0.3) is 33.3 Å². The van der Waals surface area contributed by atoms with E-state index in [0.717, 1.165) is 36.8 Å². The molecule has 1 aliphatic carbocycles. The van der Waals surface area contributed by atoms with Crippen LogP contribution in [0.5, 0.6) is 5.88 Å². The van der Waals surface area contributed by atoms with Crippen LogP contribution in [-0.4, -0.2) is 84.0 Å². The van der Waals surface area contributed by atoms with Gasteiger partial charge in [0.25, 0.3) is 6.43 Å². The molecule has 4 heterocycles. The minimum atomic E-state index is -2.49. The van der Waals surface area contributed by atoms with Crippen molar-refractivity contribution in [3.05, 3.63) is 24.3 Å². The van der Waals surface area contributed by atoms with Gasteiger partial charge in [0, 0.05) is 29.6 Å². The lowest BCUT2D eigenvalue weighted by Gasteiger charge is -2.34. The topological polar surface area (TPSA) is 103 Å². The lowest BCUT2D eigenvalue weighted by Crippen LogP contribution is -2.41. The molecule has 192 valence electrons. The summed E-state index contributed by atoms with van der Waals surface area (Å²) >= 11 is 0. The van der Waals surface area contributed by atoms with Gasteiger partial charge in [0.15, 0.2) is 5.65 Å². The zero-order chi connectivity index (χ0) is 26.3. The van der Waals surface area contributed by atoms with E-state index in [4.69, 9.17) is 14.5 Å². The molecule has 1 saturated carbocycles. The van der Waals surface area contributed by atoms with Gasteiger partial charge in [0.2, 0.25) is 11.8 Å². The molecule has 14 heteroatoms. The van der Waals surface area contributed by atoms with E-state index in [1.165, 1.54) is 4.57 Å². The molecule has 0 amide bonds. The number of H-pyrrole nitrogens is 1. The van der Waals surface area contributed by atoms with Crippen molar-refractivity contribution in [2.45, 2.75) is 63.0 Å². The van der Waals surface area contributed by atoms with Crippen molar-refractivity contribution >= 4 is 51.7 Å². The van der Waals surface area contributed by atoms with Crippen molar-refractivity contribution < 1.29 is 18.3 Å². The minimum Gasteiger partial charge on any atom is -0.480 e. The highest BCUT2D eigenvalue weighted by molar-refractivity contribution is 6.58. The van der Waals surface area contributed by atoms with Crippen molar-refractivity contribution in [3.63, 3.8) is 0 Å². The number of aromatic nitrogens is 6. The summed E-state index contributed by atoms with van der Waals surface area (Å²) in [5.74, 6) is 1.41. The zero-order valence-corrected chi connectivity index (χ0v) is 21.8. The maximum absolute atomic E-state index is 13.2. The van der Waals surface area contributed by atoms with Crippen LogP contribution >= 0.6 is 0 Å². The van der Waals surface area contributed by atoms with Crippen LogP contribution in [0.4, 0.5) is 14.7 Å². The Kier molecular flexibility index (Phi) is 6.87. The Morgan fingerprint density at radius 3 is 2.62 bits per heavy atom. The molecule has 0 aliphatic heterocycles. The molecule has 0 aromatic carbocycles. The smallest absolute Gasteiger partial charge is 0.256 e. The van der Waals surface area contributed by atoms with E-state index in [1.54, 1.807) is 20.2 Å². The number of anilines is 1. The number of aryl methyl sites for hydroxylation is 1. The van der Waals surface area contributed by atoms with Crippen molar-refractivity contribution in [1.82, 2.24) is 29.5 Å². The number of alkyl halides is 2. The lowest BCUT2D eigenvalue weighted by molar-refractivity contribution is 0.0202. The first-order valence-corrected chi connectivity index (χ1v) is 12.6. The van der Waals surface area contributed by atoms with Gasteiger partial charge >= 0.3 is 0 Å². The van der Waals surface area contributed by atoms with Gasteiger partial charge in [-0.05, 0) is 44.0 Å². The average Bonchev–Trinajstić information content (AvgIpc) is 3.39. The maximum atomic E-state index is 13.2. The quantitative estimate of drug-likeness (QED) is 0.346.